The van der Waals surface area contributed by atoms with E-state index in [2.05, 4.69) is 19.2 Å². The number of hydrogen-bond donors (Lipinski definition) is 1. The van der Waals surface area contributed by atoms with Crippen LogP contribution >= 0.6 is 0 Å². The Morgan fingerprint density at radius 1 is 1.38 bits per heavy atom. The van der Waals surface area contributed by atoms with Crippen molar-refractivity contribution < 1.29 is 9.13 Å². The SMILES string of the molecule is CCNCC1(Cc2cc(F)ccc2C)CCOC1C1CC1. The fourth-order valence-corrected chi connectivity index (χ4v) is 3.77. The van der Waals surface area contributed by atoms with E-state index in [0.717, 1.165) is 44.0 Å². The van der Waals surface area contributed by atoms with E-state index in [0.29, 0.717) is 6.10 Å². The molecule has 1 saturated heterocycles. The average molecular weight is 291 g/mol. The van der Waals surface area contributed by atoms with Crippen molar-refractivity contribution in [1.29, 1.82) is 0 Å². The maximum absolute atomic E-state index is 13.6. The molecule has 1 aliphatic carbocycles. The highest BCUT2D eigenvalue weighted by atomic mass is 19.1. The van der Waals surface area contributed by atoms with E-state index in [1.165, 1.54) is 18.4 Å². The average Bonchev–Trinajstić information content (AvgIpc) is 3.23. The summed E-state index contributed by atoms with van der Waals surface area (Å²) in [5.74, 6) is 0.594. The molecule has 2 aliphatic rings. The number of halogens is 1. The Morgan fingerprint density at radius 2 is 2.19 bits per heavy atom. The number of aryl methyl sites for hydroxylation is 1. The van der Waals surface area contributed by atoms with Gasteiger partial charge in [-0.25, -0.2) is 4.39 Å². The van der Waals surface area contributed by atoms with Gasteiger partial charge in [-0.2, -0.15) is 0 Å². The van der Waals surface area contributed by atoms with Crippen molar-refractivity contribution in [2.24, 2.45) is 11.3 Å². The van der Waals surface area contributed by atoms with Crippen molar-refractivity contribution in [2.75, 3.05) is 19.7 Å². The highest BCUT2D eigenvalue weighted by molar-refractivity contribution is 5.28. The van der Waals surface area contributed by atoms with Crippen molar-refractivity contribution >= 4 is 0 Å². The molecule has 2 fully saturated rings. The van der Waals surface area contributed by atoms with Gasteiger partial charge < -0.3 is 10.1 Å². The van der Waals surface area contributed by atoms with Crippen molar-refractivity contribution in [3.63, 3.8) is 0 Å². The molecule has 0 radical (unpaired) electrons. The monoisotopic (exact) mass is 291 g/mol. The summed E-state index contributed by atoms with van der Waals surface area (Å²) in [5, 5.41) is 3.52. The van der Waals surface area contributed by atoms with Crippen LogP contribution in [0.1, 0.15) is 37.3 Å². The first kappa shape index (κ1) is 15.0. The number of hydrogen-bond acceptors (Lipinski definition) is 2. The Labute approximate surface area is 127 Å². The van der Waals surface area contributed by atoms with Crippen LogP contribution in [0.3, 0.4) is 0 Å². The normalized spacial score (nSPS) is 29.0. The molecular formula is C18H26FNO. The van der Waals surface area contributed by atoms with Gasteiger partial charge in [0.05, 0.1) is 6.10 Å². The van der Waals surface area contributed by atoms with E-state index >= 15 is 0 Å². The predicted molar refractivity (Wildman–Crippen MR) is 82.9 cm³/mol. The van der Waals surface area contributed by atoms with Gasteiger partial charge in [-0.1, -0.05) is 13.0 Å². The molecule has 1 N–H and O–H groups in total. The van der Waals surface area contributed by atoms with E-state index in [1.54, 1.807) is 12.1 Å². The molecule has 1 heterocycles. The van der Waals surface area contributed by atoms with Crippen LogP contribution in [0, 0.1) is 24.1 Å². The maximum Gasteiger partial charge on any atom is 0.123 e. The second-order valence-electron chi connectivity index (χ2n) is 6.77. The van der Waals surface area contributed by atoms with Gasteiger partial charge in [0.2, 0.25) is 0 Å². The molecular weight excluding hydrogens is 265 g/mol. The Kier molecular flexibility index (Phi) is 4.32. The molecule has 0 bridgehead atoms. The number of rotatable bonds is 6. The minimum Gasteiger partial charge on any atom is -0.377 e. The largest absolute Gasteiger partial charge is 0.377 e. The fraction of sp³-hybridized carbons (Fsp3) is 0.667. The van der Waals surface area contributed by atoms with Gasteiger partial charge in [-0.15, -0.1) is 0 Å². The van der Waals surface area contributed by atoms with Gasteiger partial charge in [0, 0.05) is 18.6 Å². The quantitative estimate of drug-likeness (QED) is 0.866. The van der Waals surface area contributed by atoms with Crippen molar-refractivity contribution in [2.45, 2.75) is 45.6 Å². The summed E-state index contributed by atoms with van der Waals surface area (Å²) in [6, 6.07) is 5.16. The molecule has 2 atom stereocenters. The summed E-state index contributed by atoms with van der Waals surface area (Å²) in [6.45, 7) is 7.02. The summed E-state index contributed by atoms with van der Waals surface area (Å²) >= 11 is 0. The minimum absolute atomic E-state index is 0.129. The molecule has 3 rings (SSSR count). The zero-order valence-electron chi connectivity index (χ0n) is 13.1. The van der Waals surface area contributed by atoms with Crippen LogP contribution in [0.2, 0.25) is 0 Å². The summed E-state index contributed by atoms with van der Waals surface area (Å²) in [5.41, 5.74) is 2.47. The van der Waals surface area contributed by atoms with Crippen molar-refractivity contribution in [3.05, 3.63) is 35.1 Å². The predicted octanol–water partition coefficient (Wildman–Crippen LogP) is 3.47. The van der Waals surface area contributed by atoms with E-state index in [-0.39, 0.29) is 11.2 Å². The molecule has 21 heavy (non-hydrogen) atoms. The maximum atomic E-state index is 13.6. The Morgan fingerprint density at radius 3 is 2.90 bits per heavy atom. The van der Waals surface area contributed by atoms with Gasteiger partial charge in [-0.05, 0) is 68.3 Å². The summed E-state index contributed by atoms with van der Waals surface area (Å²) in [6.07, 6.45) is 4.93. The van der Waals surface area contributed by atoms with Crippen molar-refractivity contribution in [1.82, 2.24) is 5.32 Å². The molecule has 116 valence electrons. The van der Waals surface area contributed by atoms with Crippen LogP contribution in [-0.4, -0.2) is 25.8 Å². The molecule has 0 aromatic heterocycles. The zero-order chi connectivity index (χ0) is 14.9. The van der Waals surface area contributed by atoms with Crippen LogP contribution in [-0.2, 0) is 11.2 Å². The first-order chi connectivity index (χ1) is 10.1. The standard InChI is InChI=1S/C18H26FNO/c1-3-20-12-18(8-9-21-17(18)14-5-6-14)11-15-10-16(19)7-4-13(15)2/h4,7,10,14,17,20H,3,5-6,8-9,11-12H2,1-2H3. The van der Waals surface area contributed by atoms with Crippen LogP contribution in [0.5, 0.6) is 0 Å². The molecule has 0 amide bonds. The van der Waals surface area contributed by atoms with Gasteiger partial charge >= 0.3 is 0 Å². The number of nitrogens with one attached hydrogen (secondary N) is 1. The number of benzene rings is 1. The lowest BCUT2D eigenvalue weighted by atomic mass is 9.73. The summed E-state index contributed by atoms with van der Waals surface area (Å²) in [4.78, 5) is 0. The first-order valence-electron chi connectivity index (χ1n) is 8.22. The minimum atomic E-state index is -0.129. The lowest BCUT2D eigenvalue weighted by molar-refractivity contribution is 0.0308. The zero-order valence-corrected chi connectivity index (χ0v) is 13.1. The van der Waals surface area contributed by atoms with Crippen LogP contribution < -0.4 is 5.32 Å². The third kappa shape index (κ3) is 3.14. The number of ether oxygens (including phenoxy) is 1. The fourth-order valence-electron chi connectivity index (χ4n) is 3.77. The van der Waals surface area contributed by atoms with Gasteiger partial charge in [-0.3, -0.25) is 0 Å². The molecule has 1 aromatic carbocycles. The topological polar surface area (TPSA) is 21.3 Å². The van der Waals surface area contributed by atoms with E-state index < -0.39 is 0 Å². The third-order valence-electron chi connectivity index (χ3n) is 5.13. The highest BCUT2D eigenvalue weighted by Crippen LogP contribution is 2.49. The van der Waals surface area contributed by atoms with Gasteiger partial charge in [0.25, 0.3) is 0 Å². The molecule has 1 aromatic rings. The second kappa shape index (κ2) is 6.05. The lowest BCUT2D eigenvalue weighted by Gasteiger charge is -2.35. The smallest absolute Gasteiger partial charge is 0.123 e. The van der Waals surface area contributed by atoms with Crippen LogP contribution in [0.4, 0.5) is 4.39 Å². The molecule has 1 saturated carbocycles. The molecule has 1 aliphatic heterocycles. The van der Waals surface area contributed by atoms with E-state index in [1.807, 2.05) is 6.07 Å². The first-order valence-corrected chi connectivity index (χ1v) is 8.22. The molecule has 0 spiro atoms. The molecule has 2 nitrogen and oxygen atoms in total. The summed E-state index contributed by atoms with van der Waals surface area (Å²) < 4.78 is 19.7. The Hall–Kier alpha value is -0.930. The van der Waals surface area contributed by atoms with Gasteiger partial charge in [0.1, 0.15) is 5.82 Å². The Bertz CT molecular complexity index is 500. The van der Waals surface area contributed by atoms with Gasteiger partial charge in [0.15, 0.2) is 0 Å². The molecule has 3 heteroatoms. The van der Waals surface area contributed by atoms with Crippen LogP contribution in [0.15, 0.2) is 18.2 Å². The lowest BCUT2D eigenvalue weighted by Crippen LogP contribution is -2.43. The second-order valence-corrected chi connectivity index (χ2v) is 6.77. The van der Waals surface area contributed by atoms with Crippen LogP contribution in [0.25, 0.3) is 0 Å². The molecule has 2 unspecified atom stereocenters. The third-order valence-corrected chi connectivity index (χ3v) is 5.13. The highest BCUT2D eigenvalue weighted by Gasteiger charge is 2.50. The summed E-state index contributed by atoms with van der Waals surface area (Å²) in [7, 11) is 0. The van der Waals surface area contributed by atoms with E-state index in [9.17, 15) is 4.39 Å². The Balaban J connectivity index is 1.86. The van der Waals surface area contributed by atoms with Crippen molar-refractivity contribution in [3.8, 4) is 0 Å². The van der Waals surface area contributed by atoms with E-state index in [4.69, 9.17) is 4.74 Å².